The Bertz CT molecular complexity index is 3230. The summed E-state index contributed by atoms with van der Waals surface area (Å²) in [6, 6.07) is 21.4. The number of rotatable bonds is 14. The first-order valence-electron chi connectivity index (χ1n) is 20.5. The Hall–Kier alpha value is -8.61. The minimum atomic E-state index is -5.15. The summed E-state index contributed by atoms with van der Waals surface area (Å²) in [6.07, 6.45) is -3.64. The number of likely N-dealkylation sites (N-methyl/N-ethyl adjacent to an activating group) is 2. The van der Waals surface area contributed by atoms with Gasteiger partial charge in [-0.3, -0.25) is 20.2 Å². The maximum absolute atomic E-state index is 13.9. The average molecular weight is 977 g/mol. The number of nitrogens with one attached hydrogen (secondary N) is 2. The number of hydrogen-bond donors (Lipinski definition) is 2. The van der Waals surface area contributed by atoms with Gasteiger partial charge in [-0.05, 0) is 38.4 Å². The number of nitro benzene ring substituents is 2. The first kappa shape index (κ1) is 49.3. The van der Waals surface area contributed by atoms with E-state index in [-0.39, 0.29) is 29.3 Å². The van der Waals surface area contributed by atoms with Crippen LogP contribution in [0.15, 0.2) is 110 Å². The highest BCUT2D eigenvalue weighted by molar-refractivity contribution is 5.96. The van der Waals surface area contributed by atoms with Gasteiger partial charge in [0.1, 0.15) is 5.69 Å². The van der Waals surface area contributed by atoms with Crippen molar-refractivity contribution in [3.63, 3.8) is 0 Å². The van der Waals surface area contributed by atoms with Crippen molar-refractivity contribution >= 4 is 62.1 Å². The average Bonchev–Trinajstić information content (AvgIpc) is 3.82. The molecule has 0 aliphatic heterocycles. The molecule has 25 heteroatoms. The Labute approximate surface area is 391 Å². The van der Waals surface area contributed by atoms with Crippen molar-refractivity contribution in [3.05, 3.63) is 136 Å². The number of alkyl halides is 6. The smallest absolute Gasteiger partial charge is 0.403 e. The minimum Gasteiger partial charge on any atom is -0.403 e. The number of nitro groups is 2. The lowest BCUT2D eigenvalue weighted by Gasteiger charge is -2.23. The Balaban J connectivity index is 0.000000209. The first-order valence-corrected chi connectivity index (χ1v) is 20.5. The summed E-state index contributed by atoms with van der Waals surface area (Å²) in [7, 11) is 8.94. The number of halogens is 7. The molecule has 0 fully saturated rings. The number of para-hydroxylation sites is 2. The van der Waals surface area contributed by atoms with E-state index < -0.39 is 56.9 Å². The highest BCUT2D eigenvalue weighted by atomic mass is 19.4. The molecule has 0 aliphatic rings. The third kappa shape index (κ3) is 11.6. The van der Waals surface area contributed by atoms with Crippen LogP contribution in [0.5, 0.6) is 11.5 Å². The predicted molar refractivity (Wildman–Crippen MR) is 246 cm³/mol. The molecule has 0 radical (unpaired) electrons. The van der Waals surface area contributed by atoms with Gasteiger partial charge in [-0.15, -0.1) is 26.3 Å². The van der Waals surface area contributed by atoms with Gasteiger partial charge in [-0.25, -0.2) is 19.9 Å². The van der Waals surface area contributed by atoms with Crippen molar-refractivity contribution in [2.75, 3.05) is 49.8 Å². The van der Waals surface area contributed by atoms with Gasteiger partial charge in [0.05, 0.1) is 32.6 Å². The number of aromatic nitrogens is 6. The zero-order valence-corrected chi connectivity index (χ0v) is 37.4. The van der Waals surface area contributed by atoms with Crippen LogP contribution in [0.3, 0.4) is 0 Å². The lowest BCUT2D eigenvalue weighted by Crippen LogP contribution is -2.29. The van der Waals surface area contributed by atoms with E-state index in [9.17, 15) is 51.0 Å². The van der Waals surface area contributed by atoms with E-state index in [0.717, 1.165) is 45.1 Å². The second-order valence-corrected chi connectivity index (χ2v) is 15.6. The quantitative estimate of drug-likeness (QED) is 0.0593. The van der Waals surface area contributed by atoms with Crippen molar-refractivity contribution in [3.8, 4) is 34.0 Å². The monoisotopic (exact) mass is 976 g/mol. The molecule has 0 amide bonds. The molecule has 4 heterocycles. The van der Waals surface area contributed by atoms with Crippen LogP contribution in [0.1, 0.15) is 0 Å². The highest BCUT2D eigenvalue weighted by Gasteiger charge is 2.35. The molecule has 0 bridgehead atoms. The highest BCUT2D eigenvalue weighted by Crippen LogP contribution is 2.42. The van der Waals surface area contributed by atoms with E-state index >= 15 is 0 Å². The fourth-order valence-electron chi connectivity index (χ4n) is 7.25. The zero-order chi connectivity index (χ0) is 50.7. The minimum absolute atomic E-state index is 0.0212. The molecule has 0 saturated heterocycles. The van der Waals surface area contributed by atoms with Crippen molar-refractivity contribution in [2.24, 2.45) is 14.1 Å². The Kier molecular flexibility index (Phi) is 14.0. The summed E-state index contributed by atoms with van der Waals surface area (Å²) in [4.78, 5) is 41.4. The maximum Gasteiger partial charge on any atom is 0.573 e. The molecule has 18 nitrogen and oxygen atoms in total. The fraction of sp³-hybridized carbons (Fsp3) is 0.200. The molecule has 8 aromatic rings. The molecule has 0 aliphatic carbocycles. The van der Waals surface area contributed by atoms with Crippen LogP contribution in [-0.4, -0.2) is 90.8 Å². The van der Waals surface area contributed by atoms with Crippen LogP contribution >= 0.6 is 0 Å². The molecular formula is C45H39F7N12O6. The molecular weight excluding hydrogens is 938 g/mol. The summed E-state index contributed by atoms with van der Waals surface area (Å²) in [5.41, 5.74) is 2.15. The van der Waals surface area contributed by atoms with Crippen LogP contribution in [-0.2, 0) is 14.1 Å². The van der Waals surface area contributed by atoms with Gasteiger partial charge in [0, 0.05) is 116 Å². The van der Waals surface area contributed by atoms with Crippen LogP contribution in [0.4, 0.5) is 71.1 Å². The summed E-state index contributed by atoms with van der Waals surface area (Å²) in [6.45, 7) is 0.861. The number of aryl methyl sites for hydroxylation is 2. The molecule has 4 aromatic carbocycles. The van der Waals surface area contributed by atoms with E-state index in [1.54, 1.807) is 19.2 Å². The van der Waals surface area contributed by atoms with E-state index in [1.807, 2.05) is 103 Å². The topological polar surface area (TPSA) is 197 Å². The van der Waals surface area contributed by atoms with Gasteiger partial charge < -0.3 is 39.0 Å². The summed E-state index contributed by atoms with van der Waals surface area (Å²) in [5.74, 6) is -3.34. The summed E-state index contributed by atoms with van der Waals surface area (Å²) < 4.78 is 104. The van der Waals surface area contributed by atoms with E-state index in [2.05, 4.69) is 40.0 Å². The van der Waals surface area contributed by atoms with Crippen LogP contribution in [0.2, 0.25) is 0 Å². The standard InChI is InChI=1S/C25H26F3N7O3.C20H13F4N5O3/c1-32(2)11-12-33(3)21-14-23(38-25(26,27)28)19(13-22(21)35(36)37)31-24-29-10-9-18(30-24)17-15-34(4)20-8-6-5-7-16(17)20;1-28-10-12(11-4-2-3-5-16(11)28)14-6-7-25-19(26-14)27-15-9-17(29(30)31)13(21)8-18(15)32-20(22,23)24/h5-10,13-15H,11-12H2,1-4H3,(H,29,30,31);2-10H,1H3,(H,25,26,27). The number of anilines is 5. The maximum atomic E-state index is 13.9. The Morgan fingerprint density at radius 2 is 1.09 bits per heavy atom. The second-order valence-electron chi connectivity index (χ2n) is 15.6. The van der Waals surface area contributed by atoms with E-state index in [4.69, 9.17) is 0 Å². The van der Waals surface area contributed by atoms with Gasteiger partial charge in [-0.2, -0.15) is 4.39 Å². The Morgan fingerprint density at radius 1 is 0.643 bits per heavy atom. The molecule has 4 aromatic heterocycles. The second kappa shape index (κ2) is 19.9. The van der Waals surface area contributed by atoms with Gasteiger partial charge in [0.15, 0.2) is 11.5 Å². The van der Waals surface area contributed by atoms with Crippen LogP contribution < -0.4 is 25.0 Å². The number of benzene rings is 4. The predicted octanol–water partition coefficient (Wildman–Crippen LogP) is 10.5. The fourth-order valence-corrected chi connectivity index (χ4v) is 7.25. The lowest BCUT2D eigenvalue weighted by molar-refractivity contribution is -0.387. The molecule has 70 heavy (non-hydrogen) atoms. The van der Waals surface area contributed by atoms with Crippen molar-refractivity contribution in [1.29, 1.82) is 0 Å². The first-order chi connectivity index (χ1) is 33.0. The van der Waals surface area contributed by atoms with Gasteiger partial charge in [0.2, 0.25) is 17.7 Å². The normalized spacial score (nSPS) is 11.6. The molecule has 0 unspecified atom stereocenters. The number of ether oxygens (including phenoxy) is 2. The van der Waals surface area contributed by atoms with Crippen LogP contribution in [0, 0.1) is 26.0 Å². The van der Waals surface area contributed by atoms with Gasteiger partial charge in [0.25, 0.3) is 5.69 Å². The third-order valence-electron chi connectivity index (χ3n) is 10.4. The summed E-state index contributed by atoms with van der Waals surface area (Å²) in [5, 5.41) is 29.9. The number of nitrogens with zero attached hydrogens (tertiary/aromatic N) is 10. The van der Waals surface area contributed by atoms with Crippen molar-refractivity contribution < 1.29 is 50.1 Å². The molecule has 8 rings (SSSR count). The lowest BCUT2D eigenvalue weighted by atomic mass is 10.1. The number of fused-ring (bicyclic) bond motifs is 2. The van der Waals surface area contributed by atoms with Gasteiger partial charge in [-0.1, -0.05) is 36.4 Å². The molecule has 0 saturated carbocycles. The van der Waals surface area contributed by atoms with E-state index in [1.165, 1.54) is 17.3 Å². The Morgan fingerprint density at radius 3 is 1.53 bits per heavy atom. The molecule has 364 valence electrons. The number of hydrogen-bond acceptors (Lipinski definition) is 14. The largest absolute Gasteiger partial charge is 0.573 e. The van der Waals surface area contributed by atoms with Crippen molar-refractivity contribution in [2.45, 2.75) is 12.7 Å². The van der Waals surface area contributed by atoms with Crippen molar-refractivity contribution in [1.82, 2.24) is 34.0 Å². The molecule has 0 atom stereocenters. The zero-order valence-electron chi connectivity index (χ0n) is 37.4. The van der Waals surface area contributed by atoms with E-state index in [0.29, 0.717) is 30.5 Å². The third-order valence-corrected chi connectivity index (χ3v) is 10.4. The SMILES string of the molecule is CN(C)CCN(C)c1cc(OC(F)(F)F)c(Nc2nccc(-c3cn(C)c4ccccc34)n2)cc1[N+](=O)[O-].Cn1cc(-c2ccnc(Nc3cc([N+](=O)[O-])c(F)cc3OC(F)(F)F)n2)c2ccccc21. The summed E-state index contributed by atoms with van der Waals surface area (Å²) >= 11 is 0. The molecule has 0 spiro atoms. The molecule has 2 N–H and O–H groups in total. The van der Waals surface area contributed by atoms with Gasteiger partial charge >= 0.3 is 18.4 Å². The van der Waals surface area contributed by atoms with Crippen LogP contribution in [0.25, 0.3) is 44.3 Å².